The number of aliphatic hydroxyl groups is 1. The summed E-state index contributed by atoms with van der Waals surface area (Å²) in [5.74, 6) is -0.378. The average Bonchev–Trinajstić information content (AvgIpc) is 2.94. The lowest BCUT2D eigenvalue weighted by molar-refractivity contribution is 0.166. The molecule has 0 bridgehead atoms. The van der Waals surface area contributed by atoms with Gasteiger partial charge in [-0.2, -0.15) is 0 Å². The van der Waals surface area contributed by atoms with Gasteiger partial charge in [0, 0.05) is 23.5 Å². The molecule has 0 saturated carbocycles. The normalized spacial score (nSPS) is 14.2. The molecule has 0 saturated heterocycles. The zero-order valence-electron chi connectivity index (χ0n) is 11.6. The molecule has 2 atom stereocenters. The van der Waals surface area contributed by atoms with Gasteiger partial charge in [0.15, 0.2) is 0 Å². The van der Waals surface area contributed by atoms with Crippen LogP contribution in [-0.2, 0) is 6.42 Å². The first-order valence-electron chi connectivity index (χ1n) is 6.72. The SMILES string of the molecule is CCc1nc([C@H](C)NC[C@H](O)c2ccccc2F)cs1. The summed E-state index contributed by atoms with van der Waals surface area (Å²) >= 11 is 1.64. The minimum absolute atomic E-state index is 0.0352. The molecule has 0 fully saturated rings. The highest BCUT2D eigenvalue weighted by Crippen LogP contribution is 2.19. The maximum atomic E-state index is 13.5. The highest BCUT2D eigenvalue weighted by Gasteiger charge is 2.15. The van der Waals surface area contributed by atoms with Gasteiger partial charge in [-0.3, -0.25) is 0 Å². The summed E-state index contributed by atoms with van der Waals surface area (Å²) in [4.78, 5) is 4.50. The molecule has 3 nitrogen and oxygen atoms in total. The van der Waals surface area contributed by atoms with Gasteiger partial charge in [-0.05, 0) is 19.4 Å². The fourth-order valence-electron chi connectivity index (χ4n) is 1.93. The van der Waals surface area contributed by atoms with Crippen molar-refractivity contribution in [2.45, 2.75) is 32.4 Å². The Kier molecular flexibility index (Phi) is 5.23. The molecule has 0 aliphatic carbocycles. The second-order valence-electron chi connectivity index (χ2n) is 4.69. The average molecular weight is 294 g/mol. The molecule has 1 heterocycles. The zero-order valence-corrected chi connectivity index (χ0v) is 12.5. The summed E-state index contributed by atoms with van der Waals surface area (Å²) < 4.78 is 13.5. The smallest absolute Gasteiger partial charge is 0.129 e. The first-order chi connectivity index (χ1) is 9.61. The monoisotopic (exact) mass is 294 g/mol. The molecule has 1 aromatic carbocycles. The Labute approximate surface area is 122 Å². The van der Waals surface area contributed by atoms with Crippen molar-refractivity contribution in [2.24, 2.45) is 0 Å². The van der Waals surface area contributed by atoms with Crippen LogP contribution in [0.2, 0.25) is 0 Å². The van der Waals surface area contributed by atoms with Crippen LogP contribution in [0.25, 0.3) is 0 Å². The van der Waals surface area contributed by atoms with Crippen LogP contribution in [0.3, 0.4) is 0 Å². The molecular formula is C15H19FN2OS. The van der Waals surface area contributed by atoms with E-state index in [1.807, 2.05) is 12.3 Å². The summed E-state index contributed by atoms with van der Waals surface area (Å²) in [6.45, 7) is 4.35. The lowest BCUT2D eigenvalue weighted by Gasteiger charge is -2.16. The lowest BCUT2D eigenvalue weighted by atomic mass is 10.1. The number of aryl methyl sites for hydroxylation is 1. The number of thiazole rings is 1. The van der Waals surface area contributed by atoms with Crippen LogP contribution in [0.5, 0.6) is 0 Å². The van der Waals surface area contributed by atoms with Crippen LogP contribution in [0, 0.1) is 5.82 Å². The first kappa shape index (κ1) is 15.1. The second kappa shape index (κ2) is 6.92. The number of hydrogen-bond donors (Lipinski definition) is 2. The van der Waals surface area contributed by atoms with Gasteiger partial charge in [-0.1, -0.05) is 25.1 Å². The topological polar surface area (TPSA) is 45.2 Å². The number of rotatable bonds is 6. The Bertz CT molecular complexity index is 558. The Morgan fingerprint density at radius 2 is 2.15 bits per heavy atom. The Morgan fingerprint density at radius 3 is 2.80 bits per heavy atom. The fourth-order valence-corrected chi connectivity index (χ4v) is 2.77. The molecule has 5 heteroatoms. The van der Waals surface area contributed by atoms with Gasteiger partial charge in [0.05, 0.1) is 16.8 Å². The van der Waals surface area contributed by atoms with Crippen LogP contribution >= 0.6 is 11.3 Å². The first-order valence-corrected chi connectivity index (χ1v) is 7.60. The molecule has 1 aromatic heterocycles. The molecule has 0 aliphatic rings. The number of nitrogens with one attached hydrogen (secondary N) is 1. The van der Waals surface area contributed by atoms with Crippen molar-refractivity contribution in [1.29, 1.82) is 0 Å². The molecule has 108 valence electrons. The summed E-state index contributed by atoms with van der Waals surface area (Å²) in [5.41, 5.74) is 1.28. The van der Waals surface area contributed by atoms with Gasteiger partial charge < -0.3 is 10.4 Å². The Hall–Kier alpha value is -1.30. The third-order valence-corrected chi connectivity index (χ3v) is 4.21. The van der Waals surface area contributed by atoms with Gasteiger partial charge in [0.1, 0.15) is 5.82 Å². The molecule has 20 heavy (non-hydrogen) atoms. The maximum Gasteiger partial charge on any atom is 0.129 e. The van der Waals surface area contributed by atoms with Crippen molar-refractivity contribution >= 4 is 11.3 Å². The van der Waals surface area contributed by atoms with Crippen LogP contribution < -0.4 is 5.32 Å². The number of halogens is 1. The van der Waals surface area contributed by atoms with Crippen molar-refractivity contribution in [3.8, 4) is 0 Å². The van der Waals surface area contributed by atoms with Gasteiger partial charge in [-0.15, -0.1) is 11.3 Å². The van der Waals surface area contributed by atoms with E-state index in [9.17, 15) is 9.50 Å². The molecular weight excluding hydrogens is 275 g/mol. The standard InChI is InChI=1S/C15H19FN2OS/c1-3-15-18-13(9-20-15)10(2)17-8-14(19)11-6-4-5-7-12(11)16/h4-7,9-10,14,17,19H,3,8H2,1-2H3/t10-,14-/m0/s1. The molecule has 0 aliphatic heterocycles. The Morgan fingerprint density at radius 1 is 1.40 bits per heavy atom. The van der Waals surface area contributed by atoms with Crippen molar-refractivity contribution in [3.05, 3.63) is 51.7 Å². The summed E-state index contributed by atoms with van der Waals surface area (Å²) in [6.07, 6.45) is 0.0674. The third-order valence-electron chi connectivity index (χ3n) is 3.20. The van der Waals surface area contributed by atoms with E-state index in [1.165, 1.54) is 6.07 Å². The summed E-state index contributed by atoms with van der Waals surface area (Å²) in [7, 11) is 0. The van der Waals surface area contributed by atoms with Crippen molar-refractivity contribution in [3.63, 3.8) is 0 Å². The number of aliphatic hydroxyl groups excluding tert-OH is 1. The van der Waals surface area contributed by atoms with Crippen LogP contribution in [-0.4, -0.2) is 16.6 Å². The van der Waals surface area contributed by atoms with Gasteiger partial charge in [0.2, 0.25) is 0 Å². The molecule has 2 rings (SSSR count). The lowest BCUT2D eigenvalue weighted by Crippen LogP contribution is -2.25. The molecule has 2 aromatic rings. The molecule has 0 spiro atoms. The summed E-state index contributed by atoms with van der Waals surface area (Å²) in [5, 5.41) is 16.3. The third kappa shape index (κ3) is 3.62. The van der Waals surface area contributed by atoms with E-state index in [-0.39, 0.29) is 11.9 Å². The molecule has 2 N–H and O–H groups in total. The highest BCUT2D eigenvalue weighted by molar-refractivity contribution is 7.09. The van der Waals surface area contributed by atoms with E-state index in [1.54, 1.807) is 29.5 Å². The van der Waals surface area contributed by atoms with Gasteiger partial charge >= 0.3 is 0 Å². The highest BCUT2D eigenvalue weighted by atomic mass is 32.1. The van der Waals surface area contributed by atoms with Crippen molar-refractivity contribution in [1.82, 2.24) is 10.3 Å². The predicted octanol–water partition coefficient (Wildman–Crippen LogP) is 3.23. The fraction of sp³-hybridized carbons (Fsp3) is 0.400. The Balaban J connectivity index is 1.93. The molecule has 0 unspecified atom stereocenters. The van der Waals surface area contributed by atoms with E-state index in [0.717, 1.165) is 17.1 Å². The minimum Gasteiger partial charge on any atom is -0.387 e. The molecule has 0 radical (unpaired) electrons. The van der Waals surface area contributed by atoms with Gasteiger partial charge in [-0.25, -0.2) is 9.37 Å². The van der Waals surface area contributed by atoms with Crippen LogP contribution in [0.15, 0.2) is 29.6 Å². The summed E-state index contributed by atoms with van der Waals surface area (Å²) in [6, 6.07) is 6.33. The van der Waals surface area contributed by atoms with E-state index in [4.69, 9.17) is 0 Å². The second-order valence-corrected chi connectivity index (χ2v) is 5.63. The van der Waals surface area contributed by atoms with Crippen molar-refractivity contribution < 1.29 is 9.50 Å². The van der Waals surface area contributed by atoms with Crippen molar-refractivity contribution in [2.75, 3.05) is 6.54 Å². The van der Waals surface area contributed by atoms with Gasteiger partial charge in [0.25, 0.3) is 0 Å². The maximum absolute atomic E-state index is 13.5. The van der Waals surface area contributed by atoms with E-state index >= 15 is 0 Å². The van der Waals surface area contributed by atoms with Crippen LogP contribution in [0.1, 0.15) is 42.3 Å². The quantitative estimate of drug-likeness (QED) is 0.860. The largest absolute Gasteiger partial charge is 0.387 e. The molecule has 0 amide bonds. The minimum atomic E-state index is -0.858. The number of hydrogen-bond acceptors (Lipinski definition) is 4. The zero-order chi connectivity index (χ0) is 14.5. The number of nitrogens with zero attached hydrogens (tertiary/aromatic N) is 1. The number of benzene rings is 1. The van der Waals surface area contributed by atoms with E-state index in [0.29, 0.717) is 12.1 Å². The number of aromatic nitrogens is 1. The predicted molar refractivity (Wildman–Crippen MR) is 79.3 cm³/mol. The van der Waals surface area contributed by atoms with E-state index < -0.39 is 6.10 Å². The van der Waals surface area contributed by atoms with E-state index in [2.05, 4.69) is 17.2 Å². The van der Waals surface area contributed by atoms with Crippen LogP contribution in [0.4, 0.5) is 4.39 Å².